The molecule has 4 rings (SSSR count). The van der Waals surface area contributed by atoms with Gasteiger partial charge in [0.25, 0.3) is 0 Å². The summed E-state index contributed by atoms with van der Waals surface area (Å²) in [4.78, 5) is 4.49. The lowest BCUT2D eigenvalue weighted by Gasteiger charge is -2.14. The van der Waals surface area contributed by atoms with Crippen LogP contribution >= 0.6 is 0 Å². The third kappa shape index (κ3) is 3.65. The van der Waals surface area contributed by atoms with E-state index in [1.165, 1.54) is 18.2 Å². The van der Waals surface area contributed by atoms with E-state index in [2.05, 4.69) is 15.4 Å². The first-order valence-electron chi connectivity index (χ1n) is 8.84. The molecule has 2 aromatic carbocycles. The highest BCUT2D eigenvalue weighted by Gasteiger charge is 2.13. The maximum atomic E-state index is 13.2. The van der Waals surface area contributed by atoms with Gasteiger partial charge in [0.15, 0.2) is 5.65 Å². The summed E-state index contributed by atoms with van der Waals surface area (Å²) in [6, 6.07) is 16.3. The SMILES string of the molecule is Cc1cc(NCC(O)c2cccc(O)c2)n2nc(-c3ccc(F)cc3)cc2n1. The number of nitrogens with zero attached hydrogens (tertiary/aromatic N) is 3. The van der Waals surface area contributed by atoms with E-state index in [-0.39, 0.29) is 18.1 Å². The number of aliphatic hydroxyl groups is 1. The Kier molecular flexibility index (Phi) is 4.67. The summed E-state index contributed by atoms with van der Waals surface area (Å²) in [6.45, 7) is 2.11. The Morgan fingerprint density at radius 1 is 1.11 bits per heavy atom. The predicted octanol–water partition coefficient (Wildman–Crippen LogP) is 3.69. The summed E-state index contributed by atoms with van der Waals surface area (Å²) in [5, 5.41) is 27.7. The molecule has 2 aromatic heterocycles. The van der Waals surface area contributed by atoms with Crippen molar-refractivity contribution < 1.29 is 14.6 Å². The molecule has 0 fully saturated rings. The van der Waals surface area contributed by atoms with Crippen LogP contribution in [-0.4, -0.2) is 31.4 Å². The van der Waals surface area contributed by atoms with Gasteiger partial charge >= 0.3 is 0 Å². The summed E-state index contributed by atoms with van der Waals surface area (Å²) < 4.78 is 14.8. The van der Waals surface area contributed by atoms with Crippen LogP contribution in [0.15, 0.2) is 60.7 Å². The molecule has 6 nitrogen and oxygen atoms in total. The zero-order valence-electron chi connectivity index (χ0n) is 15.2. The van der Waals surface area contributed by atoms with Gasteiger partial charge in [-0.3, -0.25) is 0 Å². The maximum Gasteiger partial charge on any atom is 0.158 e. The van der Waals surface area contributed by atoms with Crippen LogP contribution in [0.3, 0.4) is 0 Å². The topological polar surface area (TPSA) is 82.7 Å². The molecule has 4 aromatic rings. The maximum absolute atomic E-state index is 13.2. The molecule has 7 heteroatoms. The van der Waals surface area contributed by atoms with Crippen molar-refractivity contribution in [1.82, 2.24) is 14.6 Å². The predicted molar refractivity (Wildman–Crippen MR) is 105 cm³/mol. The summed E-state index contributed by atoms with van der Waals surface area (Å²) in [7, 11) is 0. The smallest absolute Gasteiger partial charge is 0.158 e. The van der Waals surface area contributed by atoms with Crippen LogP contribution in [0.2, 0.25) is 0 Å². The van der Waals surface area contributed by atoms with Gasteiger partial charge in [0.05, 0.1) is 11.8 Å². The van der Waals surface area contributed by atoms with Gasteiger partial charge in [-0.2, -0.15) is 9.61 Å². The van der Waals surface area contributed by atoms with Gasteiger partial charge < -0.3 is 15.5 Å². The average Bonchev–Trinajstić information content (AvgIpc) is 3.10. The minimum absolute atomic E-state index is 0.106. The molecule has 2 heterocycles. The Morgan fingerprint density at radius 3 is 2.64 bits per heavy atom. The molecule has 0 radical (unpaired) electrons. The lowest BCUT2D eigenvalue weighted by molar-refractivity contribution is 0.191. The van der Waals surface area contributed by atoms with E-state index in [1.54, 1.807) is 34.8 Å². The highest BCUT2D eigenvalue weighted by atomic mass is 19.1. The Balaban J connectivity index is 1.62. The van der Waals surface area contributed by atoms with E-state index in [9.17, 15) is 14.6 Å². The second-order valence-corrected chi connectivity index (χ2v) is 6.58. The zero-order chi connectivity index (χ0) is 19.7. The van der Waals surface area contributed by atoms with Crippen LogP contribution in [0.25, 0.3) is 16.9 Å². The van der Waals surface area contributed by atoms with Crippen LogP contribution in [-0.2, 0) is 0 Å². The fourth-order valence-electron chi connectivity index (χ4n) is 3.04. The standard InChI is InChI=1S/C21H19FN4O2/c1-13-9-20(23-12-19(28)15-3-2-4-17(27)10-15)26-21(24-13)11-18(25-26)14-5-7-16(22)8-6-14/h2-11,19,23,27-28H,12H2,1H3. The Hall–Kier alpha value is -3.45. The summed E-state index contributed by atoms with van der Waals surface area (Å²) in [5.74, 6) is 0.481. The highest BCUT2D eigenvalue weighted by Crippen LogP contribution is 2.23. The van der Waals surface area contributed by atoms with Crippen molar-refractivity contribution in [2.75, 3.05) is 11.9 Å². The highest BCUT2D eigenvalue weighted by molar-refractivity contribution is 5.65. The molecule has 0 aliphatic heterocycles. The van der Waals surface area contributed by atoms with Gasteiger partial charge in [-0.25, -0.2) is 9.37 Å². The number of fused-ring (bicyclic) bond motifs is 1. The van der Waals surface area contributed by atoms with Crippen LogP contribution in [0, 0.1) is 12.7 Å². The van der Waals surface area contributed by atoms with Gasteiger partial charge in [-0.15, -0.1) is 0 Å². The number of aromatic nitrogens is 3. The van der Waals surface area contributed by atoms with E-state index in [0.717, 1.165) is 11.3 Å². The molecule has 0 saturated heterocycles. The van der Waals surface area contributed by atoms with Crippen molar-refractivity contribution in [2.45, 2.75) is 13.0 Å². The van der Waals surface area contributed by atoms with E-state index < -0.39 is 6.10 Å². The molecule has 28 heavy (non-hydrogen) atoms. The average molecular weight is 378 g/mol. The number of halogens is 1. The number of phenolic OH excluding ortho intramolecular Hbond substituents is 1. The molecular weight excluding hydrogens is 359 g/mol. The number of nitrogens with one attached hydrogen (secondary N) is 1. The second-order valence-electron chi connectivity index (χ2n) is 6.58. The van der Waals surface area contributed by atoms with Crippen LogP contribution in [0.1, 0.15) is 17.4 Å². The number of hydrogen-bond acceptors (Lipinski definition) is 5. The van der Waals surface area contributed by atoms with Gasteiger partial charge in [0.2, 0.25) is 0 Å². The summed E-state index contributed by atoms with van der Waals surface area (Å²) in [6.07, 6.45) is -0.803. The van der Waals surface area contributed by atoms with Crippen molar-refractivity contribution in [2.24, 2.45) is 0 Å². The van der Waals surface area contributed by atoms with Gasteiger partial charge in [0, 0.05) is 29.9 Å². The van der Waals surface area contributed by atoms with Gasteiger partial charge in [-0.05, 0) is 48.9 Å². The number of hydrogen-bond donors (Lipinski definition) is 3. The van der Waals surface area contributed by atoms with Crippen molar-refractivity contribution >= 4 is 11.5 Å². The van der Waals surface area contributed by atoms with Crippen LogP contribution in [0.4, 0.5) is 10.2 Å². The molecule has 0 amide bonds. The quantitative estimate of drug-likeness (QED) is 0.493. The first-order chi connectivity index (χ1) is 13.5. The van der Waals surface area contributed by atoms with Crippen molar-refractivity contribution in [3.63, 3.8) is 0 Å². The number of rotatable bonds is 5. The number of aromatic hydroxyl groups is 1. The first kappa shape index (κ1) is 17.9. The second kappa shape index (κ2) is 7.28. The number of anilines is 1. The van der Waals surface area contributed by atoms with Crippen LogP contribution < -0.4 is 5.32 Å². The van der Waals surface area contributed by atoms with Crippen molar-refractivity contribution in [3.05, 3.63) is 77.7 Å². The molecule has 0 aliphatic rings. The number of aryl methyl sites for hydroxylation is 1. The number of phenols is 1. The third-order valence-electron chi connectivity index (χ3n) is 4.43. The Labute approximate surface area is 160 Å². The lowest BCUT2D eigenvalue weighted by Crippen LogP contribution is -2.15. The van der Waals surface area contributed by atoms with Crippen LogP contribution in [0.5, 0.6) is 5.75 Å². The minimum atomic E-state index is -0.803. The number of benzene rings is 2. The molecule has 142 valence electrons. The minimum Gasteiger partial charge on any atom is -0.508 e. The van der Waals surface area contributed by atoms with Crippen molar-refractivity contribution in [3.8, 4) is 17.0 Å². The third-order valence-corrected chi connectivity index (χ3v) is 4.43. The lowest BCUT2D eigenvalue weighted by atomic mass is 10.1. The summed E-state index contributed by atoms with van der Waals surface area (Å²) >= 11 is 0. The normalized spacial score (nSPS) is 12.2. The zero-order valence-corrected chi connectivity index (χ0v) is 15.2. The van der Waals surface area contributed by atoms with Gasteiger partial charge in [-0.1, -0.05) is 12.1 Å². The molecule has 1 unspecified atom stereocenters. The number of aliphatic hydroxyl groups excluding tert-OH is 1. The molecule has 0 bridgehead atoms. The van der Waals surface area contributed by atoms with E-state index in [4.69, 9.17) is 0 Å². The van der Waals surface area contributed by atoms with Crippen molar-refractivity contribution in [1.29, 1.82) is 0 Å². The van der Waals surface area contributed by atoms with E-state index in [0.29, 0.717) is 22.7 Å². The van der Waals surface area contributed by atoms with Gasteiger partial charge in [0.1, 0.15) is 17.4 Å². The Bertz CT molecular complexity index is 1130. The fraction of sp³-hybridized carbons (Fsp3) is 0.143. The molecule has 1 atom stereocenters. The molecule has 0 saturated carbocycles. The fourth-order valence-corrected chi connectivity index (χ4v) is 3.04. The molecule has 0 aliphatic carbocycles. The summed E-state index contributed by atoms with van der Waals surface area (Å²) in [5.41, 5.74) is 3.52. The van der Waals surface area contributed by atoms with E-state index in [1.807, 2.05) is 19.1 Å². The van der Waals surface area contributed by atoms with E-state index >= 15 is 0 Å². The molecular formula is C21H19FN4O2. The molecule has 0 spiro atoms. The monoisotopic (exact) mass is 378 g/mol. The first-order valence-corrected chi connectivity index (χ1v) is 8.84. The molecule has 3 N–H and O–H groups in total. The Morgan fingerprint density at radius 2 is 1.89 bits per heavy atom. The largest absolute Gasteiger partial charge is 0.508 e.